The molecule has 0 unspecified atom stereocenters. The summed E-state index contributed by atoms with van der Waals surface area (Å²) in [4.78, 5) is 11.7. The maximum Gasteiger partial charge on any atom is 0.307 e. The third-order valence-corrected chi connectivity index (χ3v) is 9.37. The van der Waals surface area contributed by atoms with Crippen molar-refractivity contribution in [3.63, 3.8) is 0 Å². The molecule has 0 bridgehead atoms. The SMILES string of the molecule is Cl.NCCC(=O)OCCC[P+](c1ccccc1)(c1ccccc1)c1ccccc1.[Br-]. The van der Waals surface area contributed by atoms with Gasteiger partial charge in [-0.05, 0) is 36.4 Å². The Bertz CT molecular complexity index is 769. The van der Waals surface area contributed by atoms with E-state index >= 15 is 0 Å². The first-order valence-corrected chi connectivity index (χ1v) is 11.7. The standard InChI is InChI=1S/C24H27NO2P.BrH.ClH/c25-18-17-24(26)27-19-10-20-28(21-11-4-1-5-12-21,22-13-6-2-7-14-22)23-15-8-3-9-16-23;;/h1-9,11-16H,10,17-20,25H2;2*1H/q+1;;/p-1. The molecule has 0 aliphatic heterocycles. The van der Waals surface area contributed by atoms with Crippen molar-refractivity contribution in [3.8, 4) is 0 Å². The lowest BCUT2D eigenvalue weighted by molar-refractivity contribution is -0.143. The summed E-state index contributed by atoms with van der Waals surface area (Å²) in [5.74, 6) is -0.217. The van der Waals surface area contributed by atoms with Gasteiger partial charge in [0.15, 0.2) is 0 Å². The Hall–Kier alpha value is -1.71. The average molecular weight is 509 g/mol. The second kappa shape index (κ2) is 13.6. The predicted octanol–water partition coefficient (Wildman–Crippen LogP) is 0.688. The molecule has 3 aromatic rings. The molecule has 2 N–H and O–H groups in total. The Morgan fingerprint density at radius 1 is 0.767 bits per heavy atom. The molecule has 0 radical (unpaired) electrons. The Kier molecular flexibility index (Phi) is 11.9. The van der Waals surface area contributed by atoms with E-state index in [4.69, 9.17) is 10.5 Å². The second-order valence-electron chi connectivity index (χ2n) is 6.65. The van der Waals surface area contributed by atoms with Crippen LogP contribution in [0.3, 0.4) is 0 Å². The van der Waals surface area contributed by atoms with E-state index in [1.165, 1.54) is 15.9 Å². The number of rotatable bonds is 9. The van der Waals surface area contributed by atoms with Gasteiger partial charge in [0.25, 0.3) is 0 Å². The van der Waals surface area contributed by atoms with Crippen LogP contribution in [0.5, 0.6) is 0 Å². The molecule has 0 atom stereocenters. The molecule has 0 aromatic heterocycles. The van der Waals surface area contributed by atoms with E-state index in [1.54, 1.807) is 0 Å². The lowest BCUT2D eigenvalue weighted by Gasteiger charge is -2.27. The largest absolute Gasteiger partial charge is 1.00 e. The number of esters is 1. The van der Waals surface area contributed by atoms with Gasteiger partial charge in [-0.2, -0.15) is 0 Å². The first kappa shape index (κ1) is 26.3. The van der Waals surface area contributed by atoms with Crippen molar-refractivity contribution in [1.82, 2.24) is 0 Å². The summed E-state index contributed by atoms with van der Waals surface area (Å²) in [5, 5.41) is 4.04. The van der Waals surface area contributed by atoms with Crippen LogP contribution in [0.15, 0.2) is 91.0 Å². The first-order chi connectivity index (χ1) is 13.8. The topological polar surface area (TPSA) is 52.3 Å². The van der Waals surface area contributed by atoms with Crippen LogP contribution in [0.1, 0.15) is 12.8 Å². The number of carbonyl (C=O) groups is 1. The van der Waals surface area contributed by atoms with E-state index in [9.17, 15) is 4.79 Å². The van der Waals surface area contributed by atoms with Crippen LogP contribution >= 0.6 is 19.7 Å². The maximum absolute atomic E-state index is 11.7. The fourth-order valence-electron chi connectivity index (χ4n) is 3.56. The second-order valence-corrected chi connectivity index (χ2v) is 10.3. The molecule has 0 heterocycles. The van der Waals surface area contributed by atoms with Gasteiger partial charge in [-0.15, -0.1) is 12.4 Å². The number of benzene rings is 3. The number of hydrogen-bond acceptors (Lipinski definition) is 3. The van der Waals surface area contributed by atoms with Crippen molar-refractivity contribution in [3.05, 3.63) is 91.0 Å². The van der Waals surface area contributed by atoms with E-state index in [0.717, 1.165) is 12.6 Å². The molecule has 0 saturated heterocycles. The fraction of sp³-hybridized carbons (Fsp3) is 0.208. The van der Waals surface area contributed by atoms with Crippen molar-refractivity contribution < 1.29 is 26.5 Å². The zero-order chi connectivity index (χ0) is 19.7. The van der Waals surface area contributed by atoms with Crippen molar-refractivity contribution in [1.29, 1.82) is 0 Å². The molecule has 30 heavy (non-hydrogen) atoms. The van der Waals surface area contributed by atoms with E-state index in [2.05, 4.69) is 91.0 Å². The predicted molar refractivity (Wildman–Crippen MR) is 127 cm³/mol. The first-order valence-electron chi connectivity index (χ1n) is 9.68. The fourth-order valence-corrected chi connectivity index (χ4v) is 7.88. The molecule has 0 fully saturated rings. The number of halogens is 2. The van der Waals surface area contributed by atoms with Gasteiger partial charge in [-0.3, -0.25) is 4.79 Å². The monoisotopic (exact) mass is 507 g/mol. The van der Waals surface area contributed by atoms with E-state index in [0.29, 0.717) is 13.2 Å². The van der Waals surface area contributed by atoms with Crippen LogP contribution in [0, 0.1) is 0 Å². The van der Waals surface area contributed by atoms with E-state index < -0.39 is 7.26 Å². The normalized spacial score (nSPS) is 10.4. The van der Waals surface area contributed by atoms with E-state index in [1.807, 2.05) is 0 Å². The molecule has 3 rings (SSSR count). The Labute approximate surface area is 196 Å². The summed E-state index contributed by atoms with van der Waals surface area (Å²) in [6.07, 6.45) is 2.03. The minimum absolute atomic E-state index is 0. The molecule has 3 nitrogen and oxygen atoms in total. The highest BCUT2D eigenvalue weighted by Gasteiger charge is 2.44. The number of hydrogen-bond donors (Lipinski definition) is 1. The van der Waals surface area contributed by atoms with Crippen LogP contribution < -0.4 is 38.6 Å². The number of ether oxygens (including phenoxy) is 1. The van der Waals surface area contributed by atoms with Crippen LogP contribution in [-0.2, 0) is 9.53 Å². The highest BCUT2D eigenvalue weighted by molar-refractivity contribution is 7.95. The molecule has 160 valence electrons. The molecule has 0 aliphatic carbocycles. The molecule has 0 amide bonds. The Morgan fingerprint density at radius 3 is 1.53 bits per heavy atom. The molecular formula is C24H28BrClNO2P. The minimum atomic E-state index is -1.84. The molecule has 3 aromatic carbocycles. The summed E-state index contributed by atoms with van der Waals surface area (Å²) in [6.45, 7) is 0.751. The van der Waals surface area contributed by atoms with Crippen molar-refractivity contribution in [2.75, 3.05) is 19.3 Å². The van der Waals surface area contributed by atoms with Gasteiger partial charge in [-0.1, -0.05) is 54.6 Å². The minimum Gasteiger partial charge on any atom is -1.00 e. The summed E-state index contributed by atoms with van der Waals surface area (Å²) < 4.78 is 5.38. The quantitative estimate of drug-likeness (QED) is 0.263. The molecule has 0 aliphatic rings. The lowest BCUT2D eigenvalue weighted by Crippen LogP contribution is -3.00. The average Bonchev–Trinajstić information content (AvgIpc) is 2.76. The van der Waals surface area contributed by atoms with Crippen LogP contribution in [0.2, 0.25) is 0 Å². The third-order valence-electron chi connectivity index (χ3n) is 4.84. The zero-order valence-corrected chi connectivity index (χ0v) is 20.1. The molecule has 6 heteroatoms. The van der Waals surface area contributed by atoms with Crippen LogP contribution in [0.4, 0.5) is 0 Å². The maximum atomic E-state index is 11.7. The highest BCUT2D eigenvalue weighted by atomic mass is 79.9. The lowest BCUT2D eigenvalue weighted by atomic mass is 10.4. The molecule has 0 spiro atoms. The summed E-state index contributed by atoms with van der Waals surface area (Å²) in [5.41, 5.74) is 5.44. The molecular weight excluding hydrogens is 481 g/mol. The van der Waals surface area contributed by atoms with Crippen molar-refractivity contribution in [2.24, 2.45) is 5.73 Å². The van der Waals surface area contributed by atoms with Gasteiger partial charge in [-0.25, -0.2) is 0 Å². The number of nitrogens with two attached hydrogens (primary N) is 1. The van der Waals surface area contributed by atoms with E-state index in [-0.39, 0.29) is 41.8 Å². The van der Waals surface area contributed by atoms with Crippen LogP contribution in [0.25, 0.3) is 0 Å². The third kappa shape index (κ3) is 6.39. The Balaban J connectivity index is 0.00000225. The Morgan fingerprint density at radius 2 is 1.17 bits per heavy atom. The zero-order valence-electron chi connectivity index (χ0n) is 16.8. The van der Waals surface area contributed by atoms with Gasteiger partial charge in [0.2, 0.25) is 0 Å². The summed E-state index contributed by atoms with van der Waals surface area (Å²) >= 11 is 0. The smallest absolute Gasteiger partial charge is 0.307 e. The van der Waals surface area contributed by atoms with Gasteiger partial charge in [0, 0.05) is 13.0 Å². The number of carbonyl (C=O) groups excluding carboxylic acids is 1. The van der Waals surface area contributed by atoms with Gasteiger partial charge in [0.1, 0.15) is 23.2 Å². The molecule has 0 saturated carbocycles. The van der Waals surface area contributed by atoms with Gasteiger partial charge < -0.3 is 27.5 Å². The summed E-state index contributed by atoms with van der Waals surface area (Å²) in [6, 6.07) is 32.2. The highest BCUT2D eigenvalue weighted by Crippen LogP contribution is 2.55. The van der Waals surface area contributed by atoms with Crippen LogP contribution in [-0.4, -0.2) is 25.3 Å². The van der Waals surface area contributed by atoms with Gasteiger partial charge >= 0.3 is 5.97 Å². The van der Waals surface area contributed by atoms with Crippen molar-refractivity contribution in [2.45, 2.75) is 12.8 Å². The van der Waals surface area contributed by atoms with Crippen molar-refractivity contribution >= 4 is 41.6 Å². The summed E-state index contributed by atoms with van der Waals surface area (Å²) in [7, 11) is -1.84. The van der Waals surface area contributed by atoms with Gasteiger partial charge in [0.05, 0.1) is 19.2 Å².